The first-order valence-corrected chi connectivity index (χ1v) is 3.53. The molecule has 1 heterocycles. The lowest BCUT2D eigenvalue weighted by atomic mass is 10.4. The quantitative estimate of drug-likeness (QED) is 0.523. The van der Waals surface area contributed by atoms with Crippen molar-refractivity contribution in [2.24, 2.45) is 0 Å². The summed E-state index contributed by atoms with van der Waals surface area (Å²) in [4.78, 5) is 11.5. The van der Waals surface area contributed by atoms with E-state index in [2.05, 4.69) is 5.32 Å². The number of carboxylic acid groups (broad SMARTS) is 1. The van der Waals surface area contributed by atoms with E-state index in [1.165, 1.54) is 0 Å². The standard InChI is InChI=1S/C6H11FN2O2/c7-5-3-8-1-2-9(4-5)6(10)11/h5,8H,1-4H2,(H,10,11)/t5-/m1/s1. The molecule has 1 saturated heterocycles. The van der Waals surface area contributed by atoms with Gasteiger partial charge in [0, 0.05) is 19.6 Å². The largest absolute Gasteiger partial charge is 0.465 e. The maximum Gasteiger partial charge on any atom is 0.407 e. The number of halogens is 1. The molecule has 5 heteroatoms. The predicted octanol–water partition coefficient (Wildman–Crippen LogP) is -0.0923. The van der Waals surface area contributed by atoms with Crippen LogP contribution in [0.5, 0.6) is 0 Å². The second kappa shape index (κ2) is 3.52. The van der Waals surface area contributed by atoms with Crippen molar-refractivity contribution in [1.29, 1.82) is 0 Å². The van der Waals surface area contributed by atoms with Crippen molar-refractivity contribution < 1.29 is 14.3 Å². The Bertz CT molecular complexity index is 154. The predicted molar refractivity (Wildman–Crippen MR) is 37.4 cm³/mol. The molecule has 1 amide bonds. The molecule has 0 spiro atoms. The fourth-order valence-electron chi connectivity index (χ4n) is 1.04. The van der Waals surface area contributed by atoms with Gasteiger partial charge in [-0.1, -0.05) is 0 Å². The van der Waals surface area contributed by atoms with E-state index in [9.17, 15) is 9.18 Å². The molecule has 0 radical (unpaired) electrons. The van der Waals surface area contributed by atoms with Crippen molar-refractivity contribution in [2.75, 3.05) is 26.2 Å². The average Bonchev–Trinajstić information content (AvgIpc) is 2.13. The van der Waals surface area contributed by atoms with Crippen molar-refractivity contribution >= 4 is 6.09 Å². The van der Waals surface area contributed by atoms with Gasteiger partial charge in [0.15, 0.2) is 0 Å². The topological polar surface area (TPSA) is 52.6 Å². The van der Waals surface area contributed by atoms with Crippen LogP contribution in [-0.2, 0) is 0 Å². The SMILES string of the molecule is O=C(O)N1CCNC[C@@H](F)C1. The van der Waals surface area contributed by atoms with E-state index < -0.39 is 12.3 Å². The summed E-state index contributed by atoms with van der Waals surface area (Å²) in [7, 11) is 0. The molecule has 0 aromatic heterocycles. The van der Waals surface area contributed by atoms with Crippen LogP contribution >= 0.6 is 0 Å². The van der Waals surface area contributed by atoms with Gasteiger partial charge in [-0.05, 0) is 0 Å². The van der Waals surface area contributed by atoms with E-state index in [0.29, 0.717) is 13.1 Å². The van der Waals surface area contributed by atoms with E-state index in [1.807, 2.05) is 0 Å². The number of alkyl halides is 1. The summed E-state index contributed by atoms with van der Waals surface area (Å²) < 4.78 is 12.7. The van der Waals surface area contributed by atoms with Crippen molar-refractivity contribution in [3.05, 3.63) is 0 Å². The summed E-state index contributed by atoms with van der Waals surface area (Å²) in [5, 5.41) is 11.3. The molecule has 11 heavy (non-hydrogen) atoms. The maximum atomic E-state index is 12.7. The number of hydrogen-bond acceptors (Lipinski definition) is 2. The van der Waals surface area contributed by atoms with Crippen LogP contribution in [0.3, 0.4) is 0 Å². The van der Waals surface area contributed by atoms with Gasteiger partial charge in [-0.15, -0.1) is 0 Å². The van der Waals surface area contributed by atoms with Gasteiger partial charge in [-0.3, -0.25) is 0 Å². The zero-order valence-electron chi connectivity index (χ0n) is 6.09. The second-order valence-electron chi connectivity index (χ2n) is 2.53. The molecule has 1 aliphatic rings. The second-order valence-corrected chi connectivity index (χ2v) is 2.53. The Morgan fingerprint density at radius 3 is 3.09 bits per heavy atom. The average molecular weight is 162 g/mol. The van der Waals surface area contributed by atoms with E-state index in [-0.39, 0.29) is 13.1 Å². The minimum absolute atomic E-state index is 0.0116. The highest BCUT2D eigenvalue weighted by Gasteiger charge is 2.19. The third-order valence-electron chi connectivity index (χ3n) is 1.61. The first kappa shape index (κ1) is 8.26. The summed E-state index contributed by atoms with van der Waals surface area (Å²) in [6, 6.07) is 0. The molecule has 1 aliphatic heterocycles. The molecule has 0 bridgehead atoms. The first-order chi connectivity index (χ1) is 5.20. The van der Waals surface area contributed by atoms with E-state index in [4.69, 9.17) is 5.11 Å². The highest BCUT2D eigenvalue weighted by molar-refractivity contribution is 5.65. The molecular weight excluding hydrogens is 151 g/mol. The fraction of sp³-hybridized carbons (Fsp3) is 0.833. The lowest BCUT2D eigenvalue weighted by Gasteiger charge is -2.16. The molecule has 0 aromatic carbocycles. The molecule has 0 unspecified atom stereocenters. The van der Waals surface area contributed by atoms with Crippen molar-refractivity contribution in [3.8, 4) is 0 Å². The van der Waals surface area contributed by atoms with Gasteiger partial charge in [-0.2, -0.15) is 0 Å². The minimum Gasteiger partial charge on any atom is -0.465 e. The molecular formula is C6H11FN2O2. The molecule has 1 fully saturated rings. The summed E-state index contributed by atoms with van der Waals surface area (Å²) >= 11 is 0. The lowest BCUT2D eigenvalue weighted by Crippen LogP contribution is -2.35. The van der Waals surface area contributed by atoms with Crippen LogP contribution in [0.25, 0.3) is 0 Å². The van der Waals surface area contributed by atoms with Crippen LogP contribution in [-0.4, -0.2) is 48.5 Å². The molecule has 4 nitrogen and oxygen atoms in total. The van der Waals surface area contributed by atoms with Gasteiger partial charge in [0.25, 0.3) is 0 Å². The summed E-state index contributed by atoms with van der Waals surface area (Å²) in [5.41, 5.74) is 0. The number of carbonyl (C=O) groups is 1. The number of rotatable bonds is 0. The first-order valence-electron chi connectivity index (χ1n) is 3.53. The summed E-state index contributed by atoms with van der Waals surface area (Å²) in [6.45, 7) is 1.15. The van der Waals surface area contributed by atoms with Gasteiger partial charge in [0.1, 0.15) is 6.17 Å². The highest BCUT2D eigenvalue weighted by Crippen LogP contribution is 1.99. The van der Waals surface area contributed by atoms with Gasteiger partial charge >= 0.3 is 6.09 Å². The number of nitrogens with one attached hydrogen (secondary N) is 1. The molecule has 0 aliphatic carbocycles. The third kappa shape index (κ3) is 2.34. The third-order valence-corrected chi connectivity index (χ3v) is 1.61. The smallest absolute Gasteiger partial charge is 0.407 e. The zero-order chi connectivity index (χ0) is 8.27. The van der Waals surface area contributed by atoms with Crippen LogP contribution < -0.4 is 5.32 Å². The Morgan fingerprint density at radius 1 is 1.73 bits per heavy atom. The minimum atomic E-state index is -1.08. The Kier molecular flexibility index (Phi) is 2.64. The summed E-state index contributed by atoms with van der Waals surface area (Å²) in [5.74, 6) is 0. The molecule has 64 valence electrons. The molecule has 1 atom stereocenters. The monoisotopic (exact) mass is 162 g/mol. The number of nitrogens with zero attached hydrogens (tertiary/aromatic N) is 1. The van der Waals surface area contributed by atoms with Gasteiger partial charge in [0.2, 0.25) is 0 Å². The van der Waals surface area contributed by atoms with Gasteiger partial charge in [-0.25, -0.2) is 9.18 Å². The van der Waals surface area contributed by atoms with E-state index >= 15 is 0 Å². The van der Waals surface area contributed by atoms with Gasteiger partial charge in [0.05, 0.1) is 6.54 Å². The number of hydrogen-bond donors (Lipinski definition) is 2. The Morgan fingerprint density at radius 2 is 2.45 bits per heavy atom. The van der Waals surface area contributed by atoms with Crippen molar-refractivity contribution in [3.63, 3.8) is 0 Å². The molecule has 0 saturated carbocycles. The lowest BCUT2D eigenvalue weighted by molar-refractivity contribution is 0.136. The van der Waals surface area contributed by atoms with E-state index in [1.54, 1.807) is 0 Å². The Hall–Kier alpha value is -0.840. The van der Waals surface area contributed by atoms with Crippen LogP contribution in [0, 0.1) is 0 Å². The van der Waals surface area contributed by atoms with E-state index in [0.717, 1.165) is 4.90 Å². The Labute approximate surface area is 64.0 Å². The number of amides is 1. The van der Waals surface area contributed by atoms with Crippen molar-refractivity contribution in [2.45, 2.75) is 6.17 Å². The Balaban J connectivity index is 2.45. The fourth-order valence-corrected chi connectivity index (χ4v) is 1.04. The van der Waals surface area contributed by atoms with Crippen LogP contribution in [0.15, 0.2) is 0 Å². The van der Waals surface area contributed by atoms with Crippen LogP contribution in [0.2, 0.25) is 0 Å². The summed E-state index contributed by atoms with van der Waals surface area (Å²) in [6.07, 6.45) is -2.12. The highest BCUT2D eigenvalue weighted by atomic mass is 19.1. The van der Waals surface area contributed by atoms with Crippen molar-refractivity contribution in [1.82, 2.24) is 10.2 Å². The normalized spacial score (nSPS) is 26.3. The zero-order valence-corrected chi connectivity index (χ0v) is 6.09. The van der Waals surface area contributed by atoms with Gasteiger partial charge < -0.3 is 15.3 Å². The molecule has 1 rings (SSSR count). The maximum absolute atomic E-state index is 12.7. The molecule has 2 N–H and O–H groups in total. The van der Waals surface area contributed by atoms with Crippen LogP contribution in [0.4, 0.5) is 9.18 Å². The van der Waals surface area contributed by atoms with Crippen LogP contribution in [0.1, 0.15) is 0 Å². The molecule has 0 aromatic rings.